The second-order valence-electron chi connectivity index (χ2n) is 8.67. The summed E-state index contributed by atoms with van der Waals surface area (Å²) < 4.78 is 24.8. The van der Waals surface area contributed by atoms with Crippen LogP contribution in [0.25, 0.3) is 17.1 Å². The van der Waals surface area contributed by atoms with E-state index >= 15 is 0 Å². The molecule has 0 N–H and O–H groups in total. The lowest BCUT2D eigenvalue weighted by molar-refractivity contribution is 0.0342. The smallest absolute Gasteiger partial charge is 0.204 e. The van der Waals surface area contributed by atoms with E-state index in [1.165, 1.54) is 5.56 Å². The fourth-order valence-corrected chi connectivity index (χ4v) is 4.91. The van der Waals surface area contributed by atoms with E-state index in [2.05, 4.69) is 63.8 Å². The van der Waals surface area contributed by atoms with Crippen molar-refractivity contribution in [3.8, 4) is 34.3 Å². The molecule has 0 aliphatic carbocycles. The van der Waals surface area contributed by atoms with Crippen LogP contribution in [0.1, 0.15) is 30.9 Å². The molecule has 2 aromatic carbocycles. The van der Waals surface area contributed by atoms with Crippen LogP contribution in [0.2, 0.25) is 0 Å². The SMILES string of the molecule is COc1c(-c2nnc(SC)n2-c2ccc(CN3CCOCC3)cc2)cc(C(C)C)c(OC)c1OC. The molecule has 188 valence electrons. The number of hydrogen-bond acceptors (Lipinski definition) is 8. The predicted octanol–water partition coefficient (Wildman–Crippen LogP) is 4.64. The minimum Gasteiger partial charge on any atom is -0.492 e. The maximum atomic E-state index is 5.83. The second kappa shape index (κ2) is 11.3. The Kier molecular flexibility index (Phi) is 8.20. The fourth-order valence-electron chi connectivity index (χ4n) is 4.41. The third kappa shape index (κ3) is 5.12. The Bertz CT molecular complexity index is 1140. The van der Waals surface area contributed by atoms with E-state index in [0.29, 0.717) is 23.1 Å². The third-order valence-corrected chi connectivity index (χ3v) is 6.84. The average Bonchev–Trinajstić information content (AvgIpc) is 3.32. The van der Waals surface area contributed by atoms with Gasteiger partial charge in [-0.05, 0) is 35.9 Å². The fraction of sp³-hybridized carbons (Fsp3) is 0.462. The van der Waals surface area contributed by atoms with Gasteiger partial charge in [0, 0.05) is 30.9 Å². The minimum absolute atomic E-state index is 0.208. The number of morpholine rings is 1. The number of benzene rings is 2. The van der Waals surface area contributed by atoms with Crippen molar-refractivity contribution in [2.24, 2.45) is 0 Å². The second-order valence-corrected chi connectivity index (χ2v) is 9.44. The highest BCUT2D eigenvalue weighted by Crippen LogP contribution is 2.48. The Labute approximate surface area is 211 Å². The topological polar surface area (TPSA) is 70.9 Å². The van der Waals surface area contributed by atoms with E-state index < -0.39 is 0 Å². The van der Waals surface area contributed by atoms with Crippen molar-refractivity contribution in [2.45, 2.75) is 31.5 Å². The van der Waals surface area contributed by atoms with Crippen LogP contribution in [0.3, 0.4) is 0 Å². The van der Waals surface area contributed by atoms with Crippen LogP contribution in [-0.4, -0.2) is 73.6 Å². The van der Waals surface area contributed by atoms with Crippen LogP contribution >= 0.6 is 11.8 Å². The molecule has 0 spiro atoms. The first-order valence-electron chi connectivity index (χ1n) is 11.7. The summed E-state index contributed by atoms with van der Waals surface area (Å²) in [4.78, 5) is 2.41. The molecule has 35 heavy (non-hydrogen) atoms. The van der Waals surface area contributed by atoms with Gasteiger partial charge in [-0.3, -0.25) is 9.47 Å². The van der Waals surface area contributed by atoms with Gasteiger partial charge in [-0.2, -0.15) is 0 Å². The van der Waals surface area contributed by atoms with Crippen LogP contribution in [0.4, 0.5) is 0 Å². The zero-order valence-electron chi connectivity index (χ0n) is 21.3. The Balaban J connectivity index is 1.80. The van der Waals surface area contributed by atoms with Crippen molar-refractivity contribution in [1.82, 2.24) is 19.7 Å². The van der Waals surface area contributed by atoms with Crippen molar-refractivity contribution in [1.29, 1.82) is 0 Å². The normalized spacial score (nSPS) is 14.4. The van der Waals surface area contributed by atoms with Crippen molar-refractivity contribution in [2.75, 3.05) is 53.9 Å². The highest BCUT2D eigenvalue weighted by molar-refractivity contribution is 7.98. The van der Waals surface area contributed by atoms with Gasteiger partial charge in [-0.25, -0.2) is 0 Å². The molecule has 1 fully saturated rings. The van der Waals surface area contributed by atoms with E-state index in [9.17, 15) is 0 Å². The van der Waals surface area contributed by atoms with Gasteiger partial charge in [0.15, 0.2) is 22.5 Å². The van der Waals surface area contributed by atoms with Crippen LogP contribution in [0.15, 0.2) is 35.5 Å². The van der Waals surface area contributed by atoms with Crippen LogP contribution in [0.5, 0.6) is 17.2 Å². The molecule has 1 saturated heterocycles. The van der Waals surface area contributed by atoms with E-state index in [0.717, 1.165) is 54.8 Å². The Hall–Kier alpha value is -2.75. The minimum atomic E-state index is 0.208. The van der Waals surface area contributed by atoms with Crippen LogP contribution in [0, 0.1) is 0 Å². The highest BCUT2D eigenvalue weighted by Gasteiger charge is 2.27. The Morgan fingerprint density at radius 1 is 0.943 bits per heavy atom. The summed E-state index contributed by atoms with van der Waals surface area (Å²) >= 11 is 1.55. The molecule has 1 aliphatic heterocycles. The number of ether oxygens (including phenoxy) is 4. The van der Waals surface area contributed by atoms with Crippen molar-refractivity contribution in [3.63, 3.8) is 0 Å². The molecule has 1 aromatic heterocycles. The molecule has 3 aromatic rings. The van der Waals surface area contributed by atoms with Crippen molar-refractivity contribution in [3.05, 3.63) is 41.5 Å². The lowest BCUT2D eigenvalue weighted by Crippen LogP contribution is -2.35. The predicted molar refractivity (Wildman–Crippen MR) is 138 cm³/mol. The Morgan fingerprint density at radius 3 is 2.17 bits per heavy atom. The number of rotatable bonds is 9. The van der Waals surface area contributed by atoms with Crippen LogP contribution < -0.4 is 14.2 Å². The zero-order valence-corrected chi connectivity index (χ0v) is 22.1. The standard InChI is InChI=1S/C26H34N4O4S/c1-17(2)20-15-21(23(32-4)24(33-5)22(20)31-3)25-27-28-26(35-6)30(25)19-9-7-18(8-10-19)16-29-11-13-34-14-12-29/h7-10,15,17H,11-14,16H2,1-6H3. The molecule has 0 bridgehead atoms. The number of thioether (sulfide) groups is 1. The van der Waals surface area contributed by atoms with Crippen molar-refractivity contribution >= 4 is 11.8 Å². The van der Waals surface area contributed by atoms with Gasteiger partial charge in [-0.1, -0.05) is 37.7 Å². The van der Waals surface area contributed by atoms with Gasteiger partial charge in [0.2, 0.25) is 5.75 Å². The molecule has 0 amide bonds. The molecule has 0 radical (unpaired) electrons. The van der Waals surface area contributed by atoms with E-state index in [1.807, 2.05) is 6.26 Å². The summed E-state index contributed by atoms with van der Waals surface area (Å²) in [6.07, 6.45) is 2.00. The van der Waals surface area contributed by atoms with Gasteiger partial charge < -0.3 is 18.9 Å². The van der Waals surface area contributed by atoms with Gasteiger partial charge in [0.1, 0.15) is 0 Å². The van der Waals surface area contributed by atoms with Gasteiger partial charge in [0.25, 0.3) is 0 Å². The molecule has 9 heteroatoms. The molecule has 2 heterocycles. The number of methoxy groups -OCH3 is 3. The molecule has 0 unspecified atom stereocenters. The van der Waals surface area contributed by atoms with Crippen LogP contribution in [-0.2, 0) is 11.3 Å². The molecule has 1 aliphatic rings. The monoisotopic (exact) mass is 498 g/mol. The van der Waals surface area contributed by atoms with E-state index in [4.69, 9.17) is 18.9 Å². The quantitative estimate of drug-likeness (QED) is 0.395. The molecule has 0 saturated carbocycles. The molecule has 4 rings (SSSR count). The van der Waals surface area contributed by atoms with Gasteiger partial charge in [0.05, 0.1) is 40.1 Å². The van der Waals surface area contributed by atoms with Gasteiger partial charge in [-0.15, -0.1) is 10.2 Å². The van der Waals surface area contributed by atoms with Gasteiger partial charge >= 0.3 is 0 Å². The number of aromatic nitrogens is 3. The summed E-state index contributed by atoms with van der Waals surface area (Å²) in [6, 6.07) is 10.7. The lowest BCUT2D eigenvalue weighted by Gasteiger charge is -2.26. The highest BCUT2D eigenvalue weighted by atomic mass is 32.2. The maximum absolute atomic E-state index is 5.83. The van der Waals surface area contributed by atoms with E-state index in [-0.39, 0.29) is 5.92 Å². The summed E-state index contributed by atoms with van der Waals surface area (Å²) in [7, 11) is 4.90. The molecule has 8 nitrogen and oxygen atoms in total. The summed E-state index contributed by atoms with van der Waals surface area (Å²) in [5.41, 5.74) is 4.07. The number of nitrogens with zero attached hydrogens (tertiary/aromatic N) is 4. The summed E-state index contributed by atoms with van der Waals surface area (Å²) in [6.45, 7) is 8.68. The largest absolute Gasteiger partial charge is 0.492 e. The molecular formula is C26H34N4O4S. The molecule has 0 atom stereocenters. The van der Waals surface area contributed by atoms with Crippen molar-refractivity contribution < 1.29 is 18.9 Å². The molecular weight excluding hydrogens is 464 g/mol. The Morgan fingerprint density at radius 2 is 1.60 bits per heavy atom. The third-order valence-electron chi connectivity index (χ3n) is 6.21. The lowest BCUT2D eigenvalue weighted by atomic mass is 9.97. The summed E-state index contributed by atoms with van der Waals surface area (Å²) in [5, 5.41) is 9.86. The first kappa shape index (κ1) is 25.3. The maximum Gasteiger partial charge on any atom is 0.204 e. The summed E-state index contributed by atoms with van der Waals surface area (Å²) in [5.74, 6) is 2.69. The number of hydrogen-bond donors (Lipinski definition) is 0. The van der Waals surface area contributed by atoms with E-state index in [1.54, 1.807) is 33.1 Å². The average molecular weight is 499 g/mol. The first-order valence-corrected chi connectivity index (χ1v) is 13.0. The first-order chi connectivity index (χ1) is 17.0. The zero-order chi connectivity index (χ0) is 24.9.